The van der Waals surface area contributed by atoms with Gasteiger partial charge in [0.25, 0.3) is 11.8 Å². The molecule has 38 heavy (non-hydrogen) atoms. The lowest BCUT2D eigenvalue weighted by Crippen LogP contribution is -2.51. The molecule has 0 atom stereocenters. The molecule has 11 nitrogen and oxygen atoms in total. The van der Waals surface area contributed by atoms with Crippen molar-refractivity contribution in [1.29, 1.82) is 0 Å². The van der Waals surface area contributed by atoms with E-state index in [0.717, 1.165) is 11.4 Å². The van der Waals surface area contributed by atoms with Crippen molar-refractivity contribution in [1.82, 2.24) is 24.7 Å². The third kappa shape index (κ3) is 5.81. The molecule has 2 aromatic heterocycles. The Bertz CT molecular complexity index is 1170. The third-order valence-electron chi connectivity index (χ3n) is 7.02. The second kappa shape index (κ2) is 12.1. The lowest BCUT2D eigenvalue weighted by atomic mass is 9.89. The van der Waals surface area contributed by atoms with Gasteiger partial charge in [0, 0.05) is 56.9 Å². The van der Waals surface area contributed by atoms with E-state index in [1.807, 2.05) is 19.1 Å². The molecule has 2 aliphatic rings. The summed E-state index contributed by atoms with van der Waals surface area (Å²) >= 11 is 0. The maximum Gasteiger partial charge on any atom is 0.409 e. The first-order chi connectivity index (χ1) is 18.4. The van der Waals surface area contributed by atoms with Crippen LogP contribution in [0.1, 0.15) is 57.8 Å². The van der Waals surface area contributed by atoms with Gasteiger partial charge in [-0.1, -0.05) is 0 Å². The smallest absolute Gasteiger partial charge is 0.409 e. The fourth-order valence-electron chi connectivity index (χ4n) is 4.93. The average Bonchev–Trinajstić information content (AvgIpc) is 2.96. The molecule has 0 N–H and O–H groups in total. The van der Waals surface area contributed by atoms with Crippen LogP contribution in [-0.2, 0) is 4.74 Å². The number of rotatable bonds is 6. The Morgan fingerprint density at radius 2 is 1.42 bits per heavy atom. The molecule has 0 saturated carbocycles. The molecular weight excluding hydrogens is 490 g/mol. The molecule has 2 saturated heterocycles. The zero-order valence-electron chi connectivity index (χ0n) is 22.4. The van der Waals surface area contributed by atoms with Gasteiger partial charge in [-0.15, -0.1) is 0 Å². The normalized spacial score (nSPS) is 16.3. The van der Waals surface area contributed by atoms with Crippen molar-refractivity contribution in [2.45, 2.75) is 32.6 Å². The molecule has 3 amide bonds. The molecule has 0 bridgehead atoms. The molecule has 0 aliphatic carbocycles. The van der Waals surface area contributed by atoms with Gasteiger partial charge in [-0.25, -0.2) is 4.79 Å². The number of piperidine rings is 1. The first-order valence-electron chi connectivity index (χ1n) is 12.9. The molecule has 4 rings (SSSR count). The fraction of sp³-hybridized carbons (Fsp3) is 0.519. The summed E-state index contributed by atoms with van der Waals surface area (Å²) in [6, 6.07) is 7.01. The molecular formula is C27H35N5O6. The monoisotopic (exact) mass is 525 g/mol. The average molecular weight is 526 g/mol. The fourth-order valence-corrected chi connectivity index (χ4v) is 4.93. The maximum absolute atomic E-state index is 13.5. The summed E-state index contributed by atoms with van der Waals surface area (Å²) < 4.78 is 15.5. The topological polar surface area (TPSA) is 114 Å². The predicted molar refractivity (Wildman–Crippen MR) is 139 cm³/mol. The summed E-state index contributed by atoms with van der Waals surface area (Å²) in [7, 11) is 2.99. The number of hydrogen-bond acceptors (Lipinski definition) is 8. The zero-order chi connectivity index (χ0) is 27.2. The van der Waals surface area contributed by atoms with E-state index in [1.54, 1.807) is 33.8 Å². The highest BCUT2D eigenvalue weighted by Gasteiger charge is 2.32. The Kier molecular flexibility index (Phi) is 8.65. The highest BCUT2D eigenvalue weighted by Crippen LogP contribution is 2.32. The van der Waals surface area contributed by atoms with Crippen LogP contribution >= 0.6 is 0 Å². The van der Waals surface area contributed by atoms with Gasteiger partial charge in [0.15, 0.2) is 0 Å². The molecule has 11 heteroatoms. The molecule has 4 heterocycles. The van der Waals surface area contributed by atoms with Gasteiger partial charge in [0.05, 0.1) is 32.1 Å². The maximum atomic E-state index is 13.5. The Morgan fingerprint density at radius 1 is 0.816 bits per heavy atom. The summed E-state index contributed by atoms with van der Waals surface area (Å²) in [5.41, 5.74) is 2.60. The minimum absolute atomic E-state index is 0.0506. The SMILES string of the molecule is CCOC(=O)N1CCN(C(=O)c2ccc(C)nc2C2CCN(C(=O)c3ccc(OC)nc3OC)CC2)CC1. The van der Waals surface area contributed by atoms with E-state index in [2.05, 4.69) is 4.98 Å². The van der Waals surface area contributed by atoms with Crippen LogP contribution in [0.2, 0.25) is 0 Å². The van der Waals surface area contributed by atoms with E-state index in [1.165, 1.54) is 14.2 Å². The van der Waals surface area contributed by atoms with Gasteiger partial charge in [-0.2, -0.15) is 4.98 Å². The van der Waals surface area contributed by atoms with Crippen LogP contribution in [0, 0.1) is 6.92 Å². The number of methoxy groups -OCH3 is 2. The molecule has 0 spiro atoms. The lowest BCUT2D eigenvalue weighted by molar-refractivity contribution is 0.0567. The summed E-state index contributed by atoms with van der Waals surface area (Å²) in [6.45, 7) is 6.82. The number of amides is 3. The van der Waals surface area contributed by atoms with E-state index in [9.17, 15) is 14.4 Å². The highest BCUT2D eigenvalue weighted by atomic mass is 16.6. The molecule has 0 aromatic carbocycles. The molecule has 2 aliphatic heterocycles. The molecule has 2 fully saturated rings. The zero-order valence-corrected chi connectivity index (χ0v) is 22.4. The van der Waals surface area contributed by atoms with E-state index in [0.29, 0.717) is 75.7 Å². The van der Waals surface area contributed by atoms with E-state index >= 15 is 0 Å². The van der Waals surface area contributed by atoms with E-state index < -0.39 is 0 Å². The number of likely N-dealkylation sites (tertiary alicyclic amines) is 1. The number of carbonyl (C=O) groups is 3. The van der Waals surface area contributed by atoms with E-state index in [4.69, 9.17) is 19.2 Å². The number of ether oxygens (including phenoxy) is 3. The van der Waals surface area contributed by atoms with Gasteiger partial charge in [0.2, 0.25) is 11.8 Å². The van der Waals surface area contributed by atoms with Crippen molar-refractivity contribution in [2.75, 3.05) is 60.1 Å². The first-order valence-corrected chi connectivity index (χ1v) is 12.9. The Labute approximate surface area is 222 Å². The van der Waals surface area contributed by atoms with Gasteiger partial charge >= 0.3 is 6.09 Å². The third-order valence-corrected chi connectivity index (χ3v) is 7.02. The van der Waals surface area contributed by atoms with Gasteiger partial charge in [-0.05, 0) is 44.9 Å². The summed E-state index contributed by atoms with van der Waals surface area (Å²) in [4.78, 5) is 52.9. The van der Waals surface area contributed by atoms with E-state index in [-0.39, 0.29) is 29.7 Å². The molecule has 204 valence electrons. The number of hydrogen-bond donors (Lipinski definition) is 0. The predicted octanol–water partition coefficient (Wildman–Crippen LogP) is 2.74. The molecule has 0 unspecified atom stereocenters. The van der Waals surface area contributed by atoms with Crippen LogP contribution in [0.3, 0.4) is 0 Å². The van der Waals surface area contributed by atoms with Gasteiger partial charge < -0.3 is 28.9 Å². The van der Waals surface area contributed by atoms with Crippen LogP contribution in [0.15, 0.2) is 24.3 Å². The Morgan fingerprint density at radius 3 is 2.05 bits per heavy atom. The minimum Gasteiger partial charge on any atom is -0.481 e. The van der Waals surface area contributed by atoms with Gasteiger partial charge in [0.1, 0.15) is 5.56 Å². The number of carbonyl (C=O) groups excluding carboxylic acids is 3. The van der Waals surface area contributed by atoms with Crippen LogP contribution < -0.4 is 9.47 Å². The summed E-state index contributed by atoms with van der Waals surface area (Å²) in [5.74, 6) is 0.427. The second-order valence-corrected chi connectivity index (χ2v) is 9.34. The van der Waals surface area contributed by atoms with Crippen molar-refractivity contribution in [3.63, 3.8) is 0 Å². The van der Waals surface area contributed by atoms with Gasteiger partial charge in [-0.3, -0.25) is 14.6 Å². The quantitative estimate of drug-likeness (QED) is 0.566. The van der Waals surface area contributed by atoms with Crippen LogP contribution in [0.4, 0.5) is 4.79 Å². The molecule has 0 radical (unpaired) electrons. The number of aryl methyl sites for hydroxylation is 1. The van der Waals surface area contributed by atoms with Crippen LogP contribution in [0.25, 0.3) is 0 Å². The second-order valence-electron chi connectivity index (χ2n) is 9.34. The number of aromatic nitrogens is 2. The molecule has 2 aromatic rings. The summed E-state index contributed by atoms with van der Waals surface area (Å²) in [6.07, 6.45) is 1.03. The van der Waals surface area contributed by atoms with Crippen LogP contribution in [0.5, 0.6) is 11.8 Å². The number of piperazine rings is 1. The standard InChI is InChI=1S/C27H35N5O6/c1-5-38-27(35)32-16-14-31(15-17-32)25(33)20-7-6-18(2)28-23(20)19-10-12-30(13-11-19)26(34)21-8-9-22(36-3)29-24(21)37-4/h6-9,19H,5,10-17H2,1-4H3. The minimum atomic E-state index is -0.346. The number of nitrogens with zero attached hydrogens (tertiary/aromatic N) is 5. The summed E-state index contributed by atoms with van der Waals surface area (Å²) in [5, 5.41) is 0. The van der Waals surface area contributed by atoms with Crippen molar-refractivity contribution < 1.29 is 28.6 Å². The Balaban J connectivity index is 1.43. The van der Waals surface area contributed by atoms with Crippen molar-refractivity contribution in [3.05, 3.63) is 46.8 Å². The van der Waals surface area contributed by atoms with Crippen molar-refractivity contribution in [2.24, 2.45) is 0 Å². The van der Waals surface area contributed by atoms with Crippen molar-refractivity contribution in [3.8, 4) is 11.8 Å². The highest BCUT2D eigenvalue weighted by molar-refractivity contribution is 5.97. The Hall–Kier alpha value is -3.89. The van der Waals surface area contributed by atoms with Crippen LogP contribution in [-0.4, -0.2) is 103 Å². The lowest BCUT2D eigenvalue weighted by Gasteiger charge is -2.35. The first kappa shape index (κ1) is 27.2. The largest absolute Gasteiger partial charge is 0.481 e. The number of pyridine rings is 2. The van der Waals surface area contributed by atoms with Crippen molar-refractivity contribution >= 4 is 17.9 Å².